The normalized spacial score (nSPS) is 14.3. The minimum absolute atomic E-state index is 0.0198. The van der Waals surface area contributed by atoms with E-state index in [9.17, 15) is 0 Å². The van der Waals surface area contributed by atoms with Gasteiger partial charge in [0.25, 0.3) is 8.32 Å². The van der Waals surface area contributed by atoms with E-state index in [-0.39, 0.29) is 27.8 Å². The molecule has 0 amide bonds. The molecule has 2 atom stereocenters. The van der Waals surface area contributed by atoms with Gasteiger partial charge in [0.15, 0.2) is 14.1 Å². The zero-order chi connectivity index (χ0) is 31.8. The van der Waals surface area contributed by atoms with Crippen molar-refractivity contribution in [1.82, 2.24) is 10.2 Å². The summed E-state index contributed by atoms with van der Waals surface area (Å²) in [5.41, 5.74) is 2.28. The van der Waals surface area contributed by atoms with Gasteiger partial charge in [0.2, 0.25) is 17.5 Å². The van der Waals surface area contributed by atoms with Crippen molar-refractivity contribution >= 4 is 39.6 Å². The standard InChI is InChI=1S/C31H44ClFN4O3Si2/c1-19-23(15-16-24(34-9)26(19)32)35-27(20(2)39-41(10,11)30(3,4)5)29-37-36-28(38-29)21-14-17-25(22(33)18-21)40-42(12,13)31(6,7)8/h14-18,20,27,35H,1-8,10-13H3/t20-,27+/m0/s1. The molecular weight excluding hydrogens is 587 g/mol. The van der Waals surface area contributed by atoms with Gasteiger partial charge in [-0.1, -0.05) is 59.2 Å². The van der Waals surface area contributed by atoms with Crippen molar-refractivity contribution in [3.05, 3.63) is 64.0 Å². The van der Waals surface area contributed by atoms with Crippen LogP contribution >= 0.6 is 11.6 Å². The monoisotopic (exact) mass is 630 g/mol. The van der Waals surface area contributed by atoms with E-state index in [4.69, 9.17) is 31.4 Å². The Labute approximate surface area is 257 Å². The SMILES string of the molecule is [C-]#[N+]c1ccc(N[C@@H](c2nnc(-c3ccc(O[Si](C)(C)C(C)(C)C)c(F)c3)o2)[C@H](C)O[Si](C)(C)C(C)(C)C)c(C)c1Cl. The summed E-state index contributed by atoms with van der Waals surface area (Å²) in [6.07, 6.45) is -0.366. The summed E-state index contributed by atoms with van der Waals surface area (Å²) in [5, 5.41) is 12.4. The van der Waals surface area contributed by atoms with Crippen molar-refractivity contribution in [3.63, 3.8) is 0 Å². The number of nitrogens with one attached hydrogen (secondary N) is 1. The first-order valence-electron chi connectivity index (χ1n) is 14.1. The second-order valence-electron chi connectivity index (χ2n) is 13.8. The van der Waals surface area contributed by atoms with Crippen molar-refractivity contribution in [2.75, 3.05) is 5.32 Å². The van der Waals surface area contributed by atoms with Gasteiger partial charge in [0.1, 0.15) is 11.8 Å². The van der Waals surface area contributed by atoms with Gasteiger partial charge in [-0.15, -0.1) is 10.2 Å². The first kappa shape index (κ1) is 33.8. The van der Waals surface area contributed by atoms with Crippen LogP contribution in [0.5, 0.6) is 5.75 Å². The Hall–Kier alpha value is -2.72. The summed E-state index contributed by atoms with van der Waals surface area (Å²) in [7, 11) is -4.40. The Morgan fingerprint density at radius 3 is 2.17 bits per heavy atom. The Kier molecular flexibility index (Phi) is 9.74. The maximum atomic E-state index is 15.2. The topological polar surface area (TPSA) is 73.8 Å². The Morgan fingerprint density at radius 1 is 1.00 bits per heavy atom. The molecule has 1 N–H and O–H groups in total. The number of hydrogen-bond acceptors (Lipinski definition) is 6. The molecule has 7 nitrogen and oxygen atoms in total. The molecule has 0 aliphatic rings. The largest absolute Gasteiger partial charge is 0.542 e. The Balaban J connectivity index is 1.99. The fourth-order valence-electron chi connectivity index (χ4n) is 3.79. The number of rotatable bonds is 9. The third-order valence-electron chi connectivity index (χ3n) is 8.61. The van der Waals surface area contributed by atoms with Crippen LogP contribution in [-0.2, 0) is 4.43 Å². The molecule has 3 rings (SSSR count). The molecule has 0 spiro atoms. The van der Waals surface area contributed by atoms with Crippen LogP contribution in [0.25, 0.3) is 16.3 Å². The lowest BCUT2D eigenvalue weighted by atomic mass is 10.1. The molecule has 0 aliphatic carbocycles. The Bertz CT molecular complexity index is 1470. The number of nitrogens with zero attached hydrogens (tertiary/aromatic N) is 3. The van der Waals surface area contributed by atoms with Crippen LogP contribution in [0.2, 0.25) is 41.3 Å². The lowest BCUT2D eigenvalue weighted by Gasteiger charge is -2.40. The molecule has 228 valence electrons. The molecule has 42 heavy (non-hydrogen) atoms. The van der Waals surface area contributed by atoms with E-state index in [1.807, 2.05) is 19.9 Å². The van der Waals surface area contributed by atoms with Gasteiger partial charge in [-0.05, 0) is 79.9 Å². The predicted molar refractivity (Wildman–Crippen MR) is 174 cm³/mol. The van der Waals surface area contributed by atoms with E-state index < -0.39 is 28.5 Å². The van der Waals surface area contributed by atoms with Gasteiger partial charge in [0, 0.05) is 11.3 Å². The van der Waals surface area contributed by atoms with E-state index in [0.29, 0.717) is 22.2 Å². The summed E-state index contributed by atoms with van der Waals surface area (Å²) in [6, 6.07) is 7.67. The number of benzene rings is 2. The van der Waals surface area contributed by atoms with Gasteiger partial charge in [-0.3, -0.25) is 0 Å². The van der Waals surface area contributed by atoms with Crippen LogP contribution < -0.4 is 9.74 Å². The second-order valence-corrected chi connectivity index (χ2v) is 23.7. The van der Waals surface area contributed by atoms with Crippen molar-refractivity contribution in [2.24, 2.45) is 0 Å². The first-order valence-corrected chi connectivity index (χ1v) is 20.3. The summed E-state index contributed by atoms with van der Waals surface area (Å²) in [4.78, 5) is 3.49. The van der Waals surface area contributed by atoms with Crippen LogP contribution in [0, 0.1) is 19.3 Å². The lowest BCUT2D eigenvalue weighted by molar-refractivity contribution is 0.166. The van der Waals surface area contributed by atoms with Crippen LogP contribution in [0.3, 0.4) is 0 Å². The highest BCUT2D eigenvalue weighted by molar-refractivity contribution is 6.75. The van der Waals surface area contributed by atoms with Crippen molar-refractivity contribution in [2.45, 2.75) is 104 Å². The zero-order valence-electron chi connectivity index (χ0n) is 26.9. The fourth-order valence-corrected chi connectivity index (χ4v) is 6.44. The van der Waals surface area contributed by atoms with E-state index in [1.165, 1.54) is 6.07 Å². The van der Waals surface area contributed by atoms with Gasteiger partial charge < -0.3 is 18.6 Å². The molecule has 0 bridgehead atoms. The average Bonchev–Trinajstić information content (AvgIpc) is 3.34. The summed E-state index contributed by atoms with van der Waals surface area (Å²) < 4.78 is 34.3. The maximum Gasteiger partial charge on any atom is 0.250 e. The predicted octanol–water partition coefficient (Wildman–Crippen LogP) is 10.3. The number of halogens is 2. The van der Waals surface area contributed by atoms with Crippen LogP contribution in [-0.4, -0.2) is 32.9 Å². The summed E-state index contributed by atoms with van der Waals surface area (Å²) in [5.74, 6) is 0.220. The lowest BCUT2D eigenvalue weighted by Crippen LogP contribution is -2.45. The van der Waals surface area contributed by atoms with Gasteiger partial charge >= 0.3 is 0 Å². The van der Waals surface area contributed by atoms with E-state index in [1.54, 1.807) is 18.2 Å². The van der Waals surface area contributed by atoms with Gasteiger partial charge in [0.05, 0.1) is 17.7 Å². The van der Waals surface area contributed by atoms with Crippen molar-refractivity contribution in [1.29, 1.82) is 0 Å². The molecule has 2 aromatic carbocycles. The number of hydrogen-bond donors (Lipinski definition) is 1. The van der Waals surface area contributed by atoms with E-state index in [2.05, 4.69) is 88.1 Å². The number of anilines is 1. The smallest absolute Gasteiger partial charge is 0.250 e. The molecule has 0 unspecified atom stereocenters. The highest BCUT2D eigenvalue weighted by atomic mass is 35.5. The molecular formula is C31H44ClFN4O3Si2. The molecule has 0 saturated carbocycles. The molecule has 1 aromatic heterocycles. The van der Waals surface area contributed by atoms with Crippen LogP contribution in [0.15, 0.2) is 34.7 Å². The average molecular weight is 631 g/mol. The minimum Gasteiger partial charge on any atom is -0.542 e. The molecule has 0 saturated heterocycles. The highest BCUT2D eigenvalue weighted by Gasteiger charge is 2.41. The van der Waals surface area contributed by atoms with Crippen molar-refractivity contribution < 1.29 is 17.7 Å². The third kappa shape index (κ3) is 7.25. The molecule has 0 aliphatic heterocycles. The van der Waals surface area contributed by atoms with Crippen LogP contribution in [0.1, 0.15) is 66.0 Å². The zero-order valence-corrected chi connectivity index (χ0v) is 29.6. The maximum absolute atomic E-state index is 15.2. The number of aromatic nitrogens is 2. The molecule has 11 heteroatoms. The third-order valence-corrected chi connectivity index (χ3v) is 18.0. The first-order chi connectivity index (χ1) is 19.2. The summed E-state index contributed by atoms with van der Waals surface area (Å²) >= 11 is 6.48. The van der Waals surface area contributed by atoms with Gasteiger partial charge in [-0.2, -0.15) is 0 Å². The molecule has 1 heterocycles. The minimum atomic E-state index is -2.22. The quantitative estimate of drug-likeness (QED) is 0.187. The van der Waals surface area contributed by atoms with Gasteiger partial charge in [-0.25, -0.2) is 9.24 Å². The molecule has 0 radical (unpaired) electrons. The molecule has 0 fully saturated rings. The molecule has 3 aromatic rings. The second kappa shape index (κ2) is 12.1. The van der Waals surface area contributed by atoms with E-state index in [0.717, 1.165) is 11.3 Å². The van der Waals surface area contributed by atoms with Crippen LogP contribution in [0.4, 0.5) is 15.8 Å². The van der Waals surface area contributed by atoms with Crippen molar-refractivity contribution in [3.8, 4) is 17.2 Å². The Morgan fingerprint density at radius 2 is 1.62 bits per heavy atom. The fraction of sp³-hybridized carbons (Fsp3) is 0.516. The van der Waals surface area contributed by atoms with E-state index >= 15 is 4.39 Å². The highest BCUT2D eigenvalue weighted by Crippen LogP contribution is 2.41. The summed E-state index contributed by atoms with van der Waals surface area (Å²) in [6.45, 7) is 32.6.